The molecule has 148 valence electrons. The minimum absolute atomic E-state index is 0.0892. The second kappa shape index (κ2) is 6.86. The number of carbonyl (C=O) groups is 1. The first kappa shape index (κ1) is 18.0. The monoisotopic (exact) mass is 429 g/mol. The summed E-state index contributed by atoms with van der Waals surface area (Å²) in [6.07, 6.45) is 4.42. The number of aromatic nitrogens is 1. The lowest BCUT2D eigenvalue weighted by Gasteiger charge is -2.30. The van der Waals surface area contributed by atoms with Crippen LogP contribution in [0.4, 0.5) is 17.1 Å². The molecule has 1 aliphatic carbocycles. The van der Waals surface area contributed by atoms with Gasteiger partial charge in [0.05, 0.1) is 17.1 Å². The summed E-state index contributed by atoms with van der Waals surface area (Å²) in [5.74, 6) is -0.0892. The number of carbonyl (C=O) groups excluding carboxylic acids is 1. The Hall–Kier alpha value is -2.83. The molecule has 0 fully saturated rings. The van der Waals surface area contributed by atoms with Crippen molar-refractivity contribution >= 4 is 56.3 Å². The van der Waals surface area contributed by atoms with E-state index < -0.39 is 0 Å². The van der Waals surface area contributed by atoms with E-state index in [1.54, 1.807) is 11.8 Å². The normalized spacial score (nSPS) is 14.9. The lowest BCUT2D eigenvalue weighted by Crippen LogP contribution is -2.28. The van der Waals surface area contributed by atoms with Gasteiger partial charge in [0.15, 0.2) is 0 Å². The van der Waals surface area contributed by atoms with Gasteiger partial charge in [0, 0.05) is 20.9 Å². The maximum absolute atomic E-state index is 13.9. The highest BCUT2D eigenvalue weighted by molar-refractivity contribution is 7.99. The van der Waals surface area contributed by atoms with Gasteiger partial charge >= 0.3 is 0 Å². The van der Waals surface area contributed by atoms with Crippen LogP contribution in [0, 0.1) is 0 Å². The van der Waals surface area contributed by atoms with E-state index in [9.17, 15) is 4.79 Å². The third-order valence-corrected chi connectivity index (χ3v) is 8.06. The molecule has 2 aliphatic rings. The van der Waals surface area contributed by atoms with Crippen molar-refractivity contribution in [2.75, 3.05) is 10.6 Å². The zero-order valence-corrected chi connectivity index (χ0v) is 17.9. The van der Waals surface area contributed by atoms with E-state index in [4.69, 9.17) is 10.7 Å². The van der Waals surface area contributed by atoms with Crippen LogP contribution >= 0.6 is 23.1 Å². The number of hydrogen-bond acceptors (Lipinski definition) is 5. The average Bonchev–Trinajstić information content (AvgIpc) is 3.11. The number of nitrogens with zero attached hydrogens (tertiary/aromatic N) is 2. The first-order valence-electron chi connectivity index (χ1n) is 10.1. The lowest BCUT2D eigenvalue weighted by atomic mass is 9.95. The van der Waals surface area contributed by atoms with Gasteiger partial charge in [-0.25, -0.2) is 4.98 Å². The number of amides is 1. The quantitative estimate of drug-likeness (QED) is 0.391. The van der Waals surface area contributed by atoms with Gasteiger partial charge in [-0.05, 0) is 61.6 Å². The van der Waals surface area contributed by atoms with Crippen molar-refractivity contribution in [1.82, 2.24) is 4.98 Å². The largest absolute Gasteiger partial charge is 0.397 e. The zero-order chi connectivity index (χ0) is 20.2. The zero-order valence-electron chi connectivity index (χ0n) is 16.2. The number of nitrogen functional groups attached to an aromatic ring is 1. The number of fused-ring (bicyclic) bond motifs is 4. The van der Waals surface area contributed by atoms with Crippen LogP contribution in [0.1, 0.15) is 33.8 Å². The molecule has 0 radical (unpaired) electrons. The van der Waals surface area contributed by atoms with Crippen LogP contribution in [0.2, 0.25) is 0 Å². The number of thiophene rings is 1. The SMILES string of the molecule is Nc1c(C(=O)N2c3ccccc3Sc3ccccc32)sc2nc3c(cc12)CCCC3. The fourth-order valence-corrected chi connectivity index (χ4v) is 6.43. The van der Waals surface area contributed by atoms with E-state index in [0.717, 1.165) is 44.2 Å². The molecule has 0 spiro atoms. The highest BCUT2D eigenvalue weighted by Crippen LogP contribution is 2.49. The van der Waals surface area contributed by atoms with Crippen molar-refractivity contribution in [2.24, 2.45) is 0 Å². The van der Waals surface area contributed by atoms with E-state index in [-0.39, 0.29) is 5.91 Å². The Balaban J connectivity index is 1.52. The molecule has 6 rings (SSSR count). The summed E-state index contributed by atoms with van der Waals surface area (Å²) in [6, 6.07) is 18.2. The van der Waals surface area contributed by atoms with Crippen LogP contribution < -0.4 is 10.6 Å². The third-order valence-electron chi connectivity index (χ3n) is 5.83. The first-order valence-corrected chi connectivity index (χ1v) is 11.7. The Bertz CT molecular complexity index is 1280. The van der Waals surface area contributed by atoms with Gasteiger partial charge in [-0.2, -0.15) is 0 Å². The molecular formula is C24H19N3OS2. The molecule has 0 unspecified atom stereocenters. The molecule has 1 aliphatic heterocycles. The van der Waals surface area contributed by atoms with Crippen molar-refractivity contribution < 1.29 is 4.79 Å². The van der Waals surface area contributed by atoms with Crippen molar-refractivity contribution in [3.63, 3.8) is 0 Å². The van der Waals surface area contributed by atoms with Gasteiger partial charge in [0.1, 0.15) is 9.71 Å². The number of pyridine rings is 1. The standard InChI is InChI=1S/C24H19N3OS2/c25-21-15-13-14-7-1-2-8-16(14)26-23(15)30-22(21)24(28)27-17-9-3-5-11-19(17)29-20-12-6-4-10-18(20)27/h3-6,9-13H,1-2,7-8,25H2. The Morgan fingerprint density at radius 1 is 0.967 bits per heavy atom. The van der Waals surface area contributed by atoms with Gasteiger partial charge in [-0.1, -0.05) is 36.0 Å². The Morgan fingerprint density at radius 3 is 2.37 bits per heavy atom. The molecule has 0 bridgehead atoms. The molecule has 0 atom stereocenters. The van der Waals surface area contributed by atoms with Crippen molar-refractivity contribution in [3.8, 4) is 0 Å². The topological polar surface area (TPSA) is 59.2 Å². The summed E-state index contributed by atoms with van der Waals surface area (Å²) in [5, 5.41) is 0.914. The molecule has 30 heavy (non-hydrogen) atoms. The molecule has 0 saturated carbocycles. The second-order valence-electron chi connectivity index (χ2n) is 7.68. The molecule has 3 heterocycles. The molecule has 0 saturated heterocycles. The minimum Gasteiger partial charge on any atom is -0.397 e. The molecule has 2 aromatic heterocycles. The summed E-state index contributed by atoms with van der Waals surface area (Å²) < 4.78 is 0. The summed E-state index contributed by atoms with van der Waals surface area (Å²) >= 11 is 3.10. The maximum atomic E-state index is 13.9. The van der Waals surface area contributed by atoms with E-state index in [0.29, 0.717) is 10.6 Å². The molecule has 2 N–H and O–H groups in total. The maximum Gasteiger partial charge on any atom is 0.275 e. The van der Waals surface area contributed by atoms with Crippen molar-refractivity contribution in [1.29, 1.82) is 0 Å². The number of nitrogens with two attached hydrogens (primary N) is 1. The summed E-state index contributed by atoms with van der Waals surface area (Å²) in [5.41, 5.74) is 11.3. The number of hydrogen-bond donors (Lipinski definition) is 1. The highest BCUT2D eigenvalue weighted by Gasteiger charge is 2.31. The number of benzene rings is 2. The lowest BCUT2D eigenvalue weighted by molar-refractivity contribution is 0.100. The fraction of sp³-hybridized carbons (Fsp3) is 0.167. The third kappa shape index (κ3) is 2.67. The van der Waals surface area contributed by atoms with Gasteiger partial charge in [0.2, 0.25) is 0 Å². The van der Waals surface area contributed by atoms with Crippen LogP contribution in [0.15, 0.2) is 64.4 Å². The summed E-state index contributed by atoms with van der Waals surface area (Å²) in [7, 11) is 0. The Kier molecular flexibility index (Phi) is 4.11. The van der Waals surface area contributed by atoms with E-state index >= 15 is 0 Å². The number of aryl methyl sites for hydroxylation is 2. The van der Waals surface area contributed by atoms with Crippen LogP contribution in [0.5, 0.6) is 0 Å². The van der Waals surface area contributed by atoms with Gasteiger partial charge in [0.25, 0.3) is 5.91 Å². The predicted molar refractivity (Wildman–Crippen MR) is 124 cm³/mol. The number of rotatable bonds is 1. The molecule has 2 aromatic carbocycles. The Morgan fingerprint density at radius 2 is 1.63 bits per heavy atom. The van der Waals surface area contributed by atoms with Gasteiger partial charge in [-0.3, -0.25) is 9.69 Å². The van der Waals surface area contributed by atoms with E-state index in [1.807, 2.05) is 41.3 Å². The van der Waals surface area contributed by atoms with Gasteiger partial charge < -0.3 is 5.73 Å². The summed E-state index contributed by atoms with van der Waals surface area (Å²) in [6.45, 7) is 0. The minimum atomic E-state index is -0.0892. The fourth-order valence-electron chi connectivity index (χ4n) is 4.34. The second-order valence-corrected chi connectivity index (χ2v) is 9.76. The smallest absolute Gasteiger partial charge is 0.275 e. The van der Waals surface area contributed by atoms with Crippen molar-refractivity contribution in [2.45, 2.75) is 35.5 Å². The Labute approximate surface area is 182 Å². The van der Waals surface area contributed by atoms with Crippen LogP contribution in [0.25, 0.3) is 10.2 Å². The molecule has 4 nitrogen and oxygen atoms in total. The average molecular weight is 430 g/mol. The molecule has 1 amide bonds. The number of anilines is 3. The molecule has 6 heteroatoms. The van der Waals surface area contributed by atoms with Crippen LogP contribution in [0.3, 0.4) is 0 Å². The van der Waals surface area contributed by atoms with Crippen LogP contribution in [-0.4, -0.2) is 10.9 Å². The summed E-state index contributed by atoms with van der Waals surface area (Å²) in [4.78, 5) is 24.1. The van der Waals surface area contributed by atoms with E-state index in [1.165, 1.54) is 35.4 Å². The van der Waals surface area contributed by atoms with Gasteiger partial charge in [-0.15, -0.1) is 11.3 Å². The highest BCUT2D eigenvalue weighted by atomic mass is 32.2. The van der Waals surface area contributed by atoms with E-state index in [2.05, 4.69) is 18.2 Å². The predicted octanol–water partition coefficient (Wildman–Crippen LogP) is 6.20. The van der Waals surface area contributed by atoms with Crippen LogP contribution in [-0.2, 0) is 12.8 Å². The molecular weight excluding hydrogens is 410 g/mol. The number of para-hydroxylation sites is 2. The molecule has 4 aromatic rings. The van der Waals surface area contributed by atoms with Crippen molar-refractivity contribution in [3.05, 3.63) is 70.7 Å². The first-order chi connectivity index (χ1) is 14.7.